The Morgan fingerprint density at radius 1 is 0.894 bits per heavy atom. The summed E-state index contributed by atoms with van der Waals surface area (Å²) in [5, 5.41) is 31.7. The lowest BCUT2D eigenvalue weighted by atomic mass is 9.93. The highest BCUT2D eigenvalue weighted by atomic mass is 19.1. The number of piperazine rings is 1. The first-order valence-electron chi connectivity index (χ1n) is 15.0. The SMILES string of the molecule is O=C(Nc1ccc(CCO)cc1)N1CCN(c2ccc(-n3cnn(CC(O)(Cn4cncn4)c4ccc(F)cc4F)c3=O)cc2)CC1. The number of aromatic nitrogens is 6. The van der Waals surface area contributed by atoms with E-state index in [9.17, 15) is 23.5 Å². The lowest BCUT2D eigenvalue weighted by molar-refractivity contribution is -0.00948. The minimum atomic E-state index is -2.01. The molecule has 5 aromatic rings. The largest absolute Gasteiger partial charge is 0.396 e. The minimum absolute atomic E-state index is 0.0722. The number of carbonyl (C=O) groups excluding carboxylic acids is 1. The molecule has 3 heterocycles. The summed E-state index contributed by atoms with van der Waals surface area (Å²) >= 11 is 0. The van der Waals surface area contributed by atoms with Crippen LogP contribution >= 0.6 is 0 Å². The predicted molar refractivity (Wildman–Crippen MR) is 168 cm³/mol. The minimum Gasteiger partial charge on any atom is -0.396 e. The summed E-state index contributed by atoms with van der Waals surface area (Å²) in [6, 6.07) is 17.3. The van der Waals surface area contributed by atoms with Gasteiger partial charge in [-0.2, -0.15) is 10.2 Å². The Morgan fingerprint density at radius 3 is 2.28 bits per heavy atom. The number of hydrogen-bond donors (Lipinski definition) is 3. The summed E-state index contributed by atoms with van der Waals surface area (Å²) < 4.78 is 32.1. The summed E-state index contributed by atoms with van der Waals surface area (Å²) in [4.78, 5) is 33.9. The van der Waals surface area contributed by atoms with E-state index < -0.39 is 29.5 Å². The van der Waals surface area contributed by atoms with Crippen LogP contribution < -0.4 is 15.9 Å². The van der Waals surface area contributed by atoms with Gasteiger partial charge < -0.3 is 25.3 Å². The number of aliphatic hydroxyl groups excluding tert-OH is 1. The van der Waals surface area contributed by atoms with Crippen LogP contribution in [0.15, 0.2) is 90.5 Å². The van der Waals surface area contributed by atoms with Gasteiger partial charge >= 0.3 is 11.7 Å². The van der Waals surface area contributed by atoms with Crippen molar-refractivity contribution >= 4 is 17.4 Å². The third-order valence-corrected chi connectivity index (χ3v) is 8.13. The van der Waals surface area contributed by atoms with Crippen molar-refractivity contribution in [1.29, 1.82) is 0 Å². The van der Waals surface area contributed by atoms with Crippen molar-refractivity contribution in [2.75, 3.05) is 43.0 Å². The number of amides is 2. The molecule has 1 unspecified atom stereocenters. The number of nitrogens with one attached hydrogen (secondary N) is 1. The van der Waals surface area contributed by atoms with Crippen LogP contribution in [0, 0.1) is 11.6 Å². The van der Waals surface area contributed by atoms with Crippen LogP contribution in [0.5, 0.6) is 0 Å². The lowest BCUT2D eigenvalue weighted by Crippen LogP contribution is -2.50. The lowest BCUT2D eigenvalue weighted by Gasteiger charge is -2.36. The number of hydrogen-bond acceptors (Lipinski definition) is 8. The molecule has 1 atom stereocenters. The molecule has 13 nitrogen and oxygen atoms in total. The monoisotopic (exact) mass is 645 g/mol. The van der Waals surface area contributed by atoms with Gasteiger partial charge in [0.15, 0.2) is 0 Å². The predicted octanol–water partition coefficient (Wildman–Crippen LogP) is 2.38. The molecule has 1 aliphatic heterocycles. The van der Waals surface area contributed by atoms with E-state index in [4.69, 9.17) is 5.11 Å². The van der Waals surface area contributed by atoms with Crippen LogP contribution in [0.3, 0.4) is 0 Å². The van der Waals surface area contributed by atoms with Gasteiger partial charge in [0.2, 0.25) is 0 Å². The number of anilines is 2. The normalized spacial score (nSPS) is 14.6. The summed E-state index contributed by atoms with van der Waals surface area (Å²) in [7, 11) is 0. The molecule has 1 aliphatic rings. The van der Waals surface area contributed by atoms with E-state index in [2.05, 4.69) is 25.4 Å². The van der Waals surface area contributed by atoms with Crippen LogP contribution in [-0.4, -0.2) is 83.0 Å². The fourth-order valence-corrected chi connectivity index (χ4v) is 5.62. The van der Waals surface area contributed by atoms with Crippen molar-refractivity contribution in [3.8, 4) is 5.69 Å². The molecule has 0 aliphatic carbocycles. The third kappa shape index (κ3) is 7.05. The molecular formula is C32H33F2N9O4. The molecule has 0 saturated carbocycles. The number of rotatable bonds is 10. The van der Waals surface area contributed by atoms with Crippen LogP contribution in [0.2, 0.25) is 0 Å². The first-order chi connectivity index (χ1) is 22.7. The van der Waals surface area contributed by atoms with Crippen molar-refractivity contribution in [2.24, 2.45) is 0 Å². The molecule has 47 heavy (non-hydrogen) atoms. The maximum atomic E-state index is 14.8. The summed E-state index contributed by atoms with van der Waals surface area (Å²) in [6.07, 6.45) is 4.47. The van der Waals surface area contributed by atoms with Gasteiger partial charge in [-0.3, -0.25) is 0 Å². The Balaban J connectivity index is 1.11. The van der Waals surface area contributed by atoms with Gasteiger partial charge in [-0.1, -0.05) is 18.2 Å². The molecule has 1 fully saturated rings. The van der Waals surface area contributed by atoms with E-state index in [0.717, 1.165) is 28.1 Å². The van der Waals surface area contributed by atoms with Crippen LogP contribution in [0.1, 0.15) is 11.1 Å². The molecule has 0 spiro atoms. The topological polar surface area (TPSA) is 147 Å². The van der Waals surface area contributed by atoms with Gasteiger partial charge in [-0.25, -0.2) is 37.3 Å². The van der Waals surface area contributed by atoms with Gasteiger partial charge in [-0.05, 0) is 54.4 Å². The fraction of sp³-hybridized carbons (Fsp3) is 0.281. The zero-order chi connectivity index (χ0) is 33.0. The van der Waals surface area contributed by atoms with Gasteiger partial charge in [0, 0.05) is 55.8 Å². The number of benzene rings is 3. The highest BCUT2D eigenvalue weighted by molar-refractivity contribution is 5.89. The second kappa shape index (κ2) is 13.5. The van der Waals surface area contributed by atoms with E-state index in [0.29, 0.717) is 50.0 Å². The molecule has 2 aromatic heterocycles. The Kier molecular flexibility index (Phi) is 9.08. The molecule has 0 radical (unpaired) electrons. The number of carbonyl (C=O) groups is 1. The molecule has 15 heteroatoms. The smallest absolute Gasteiger partial charge is 0.350 e. The zero-order valence-electron chi connectivity index (χ0n) is 25.3. The first-order valence-corrected chi connectivity index (χ1v) is 15.0. The fourth-order valence-electron chi connectivity index (χ4n) is 5.62. The molecule has 2 amide bonds. The number of nitrogens with zero attached hydrogens (tertiary/aromatic N) is 8. The average molecular weight is 646 g/mol. The van der Waals surface area contributed by atoms with E-state index in [1.165, 1.54) is 28.2 Å². The maximum absolute atomic E-state index is 14.8. The van der Waals surface area contributed by atoms with E-state index in [1.807, 2.05) is 36.4 Å². The Hall–Kier alpha value is -5.41. The average Bonchev–Trinajstić information content (AvgIpc) is 3.71. The molecule has 3 aromatic carbocycles. The Morgan fingerprint density at radius 2 is 1.62 bits per heavy atom. The quantitative estimate of drug-likeness (QED) is 0.210. The van der Waals surface area contributed by atoms with Crippen LogP contribution in [-0.2, 0) is 25.1 Å². The van der Waals surface area contributed by atoms with Gasteiger partial charge in [0.05, 0.1) is 18.8 Å². The van der Waals surface area contributed by atoms with Gasteiger partial charge in [-0.15, -0.1) is 0 Å². The van der Waals surface area contributed by atoms with Gasteiger partial charge in [0.25, 0.3) is 0 Å². The number of aliphatic hydroxyl groups is 2. The summed E-state index contributed by atoms with van der Waals surface area (Å²) in [6.45, 7) is 1.64. The Bertz CT molecular complexity index is 1870. The van der Waals surface area contributed by atoms with E-state index in [-0.39, 0.29) is 24.7 Å². The molecule has 244 valence electrons. The molecule has 3 N–H and O–H groups in total. The van der Waals surface area contributed by atoms with Crippen molar-refractivity contribution < 1.29 is 23.8 Å². The van der Waals surface area contributed by atoms with Gasteiger partial charge in [0.1, 0.15) is 36.2 Å². The third-order valence-electron chi connectivity index (χ3n) is 8.13. The summed E-state index contributed by atoms with van der Waals surface area (Å²) in [5.74, 6) is -1.77. The number of urea groups is 1. The van der Waals surface area contributed by atoms with Crippen molar-refractivity contribution in [3.05, 3.63) is 119 Å². The molecule has 1 saturated heterocycles. The van der Waals surface area contributed by atoms with E-state index >= 15 is 0 Å². The Labute approximate surface area is 267 Å². The molecular weight excluding hydrogens is 612 g/mol. The zero-order valence-corrected chi connectivity index (χ0v) is 25.3. The van der Waals surface area contributed by atoms with Crippen LogP contribution in [0.4, 0.5) is 25.0 Å². The maximum Gasteiger partial charge on any atom is 0.350 e. The molecule has 6 rings (SSSR count). The number of halogens is 2. The first kappa shape index (κ1) is 31.6. The summed E-state index contributed by atoms with van der Waals surface area (Å²) in [5.41, 5.74) is 0.335. The van der Waals surface area contributed by atoms with Crippen molar-refractivity contribution in [3.63, 3.8) is 0 Å². The van der Waals surface area contributed by atoms with Crippen LogP contribution in [0.25, 0.3) is 5.69 Å². The molecule has 0 bridgehead atoms. The van der Waals surface area contributed by atoms with Crippen molar-refractivity contribution in [1.82, 2.24) is 34.0 Å². The van der Waals surface area contributed by atoms with E-state index in [1.54, 1.807) is 17.0 Å². The highest BCUT2D eigenvalue weighted by Crippen LogP contribution is 2.28. The standard InChI is InChI=1S/C32H33F2N9O4/c33-24-3-10-28(29(34)17-24)32(47,18-41-21-35-20-36-41)19-43-31(46)42(22-37-43)27-8-6-26(7-9-27)39-12-14-40(15-13-39)30(45)38-25-4-1-23(2-5-25)11-16-44/h1-10,17,20-22,44,47H,11-16,18-19H2,(H,38,45). The van der Waals surface area contributed by atoms with Crippen molar-refractivity contribution in [2.45, 2.75) is 25.1 Å². The second-order valence-electron chi connectivity index (χ2n) is 11.3. The highest BCUT2D eigenvalue weighted by Gasteiger charge is 2.35. The second-order valence-corrected chi connectivity index (χ2v) is 11.3.